The van der Waals surface area contributed by atoms with Crippen molar-refractivity contribution in [3.05, 3.63) is 52.6 Å². The number of carbonyl (C=O) groups excluding carboxylic acids is 1. The van der Waals surface area contributed by atoms with Crippen molar-refractivity contribution in [2.75, 3.05) is 5.75 Å². The van der Waals surface area contributed by atoms with E-state index in [-0.39, 0.29) is 23.0 Å². The minimum Gasteiger partial charge on any atom is -0.493 e. The molecule has 4 rings (SSSR count). The highest BCUT2D eigenvalue weighted by atomic mass is 32.2. The van der Waals surface area contributed by atoms with Gasteiger partial charge in [0.25, 0.3) is 11.6 Å². The molecule has 0 fully saturated rings. The molecule has 0 saturated carbocycles. The van der Waals surface area contributed by atoms with E-state index in [1.165, 1.54) is 41.3 Å². The number of thioether (sulfide) groups is 1. The number of hydrogen-bond acceptors (Lipinski definition) is 8. The van der Waals surface area contributed by atoms with Gasteiger partial charge < -0.3 is 10.1 Å². The van der Waals surface area contributed by atoms with Crippen LogP contribution in [-0.2, 0) is 4.79 Å². The Hall–Kier alpha value is -3.31. The molecule has 2 aromatic carbocycles. The Labute approximate surface area is 165 Å². The molecule has 0 bridgehead atoms. The third kappa shape index (κ3) is 3.57. The molecule has 0 saturated heterocycles. The molecule has 11 heteroatoms. The largest absolute Gasteiger partial charge is 0.493 e. The summed E-state index contributed by atoms with van der Waals surface area (Å²) in [4.78, 5) is 29.5. The van der Waals surface area contributed by atoms with E-state index >= 15 is 0 Å². The molecule has 2 aromatic heterocycles. The molecule has 0 radical (unpaired) electrons. The van der Waals surface area contributed by atoms with Gasteiger partial charge in [0.05, 0.1) is 26.4 Å². The molecule has 0 aliphatic rings. The number of benzene rings is 2. The number of carbonyl (C=O) groups is 1. The second-order valence-corrected chi connectivity index (χ2v) is 7.89. The van der Waals surface area contributed by atoms with E-state index in [2.05, 4.69) is 20.2 Å². The highest BCUT2D eigenvalue weighted by Crippen LogP contribution is 2.37. The van der Waals surface area contributed by atoms with Crippen molar-refractivity contribution in [1.82, 2.24) is 9.97 Å². The number of H-pyrrole nitrogens is 1. The van der Waals surface area contributed by atoms with Crippen LogP contribution in [0.2, 0.25) is 0 Å². The average molecular weight is 413 g/mol. The van der Waals surface area contributed by atoms with E-state index in [1.807, 2.05) is 24.3 Å². The normalized spacial score (nSPS) is 11.6. The van der Waals surface area contributed by atoms with Crippen LogP contribution in [0.4, 0.5) is 11.4 Å². The zero-order valence-corrected chi connectivity index (χ0v) is 15.7. The number of aromatic amines is 1. The molecular weight excluding hydrogens is 402 g/mol. The maximum absolute atomic E-state index is 12.0. The van der Waals surface area contributed by atoms with E-state index in [9.17, 15) is 20.0 Å². The number of nitro benzene ring substituents is 1. The van der Waals surface area contributed by atoms with Gasteiger partial charge in [0, 0.05) is 17.5 Å². The highest BCUT2D eigenvalue weighted by Gasteiger charge is 2.15. The minimum absolute atomic E-state index is 0.0166. The van der Waals surface area contributed by atoms with E-state index in [4.69, 9.17) is 0 Å². The number of thiazole rings is 1. The summed E-state index contributed by atoms with van der Waals surface area (Å²) in [6.45, 7) is 0. The van der Waals surface area contributed by atoms with Gasteiger partial charge in [0.2, 0.25) is 5.88 Å². The van der Waals surface area contributed by atoms with Crippen LogP contribution >= 0.6 is 23.1 Å². The molecule has 28 heavy (non-hydrogen) atoms. The third-order valence-electron chi connectivity index (χ3n) is 3.80. The van der Waals surface area contributed by atoms with Crippen LogP contribution in [0.15, 0.2) is 57.0 Å². The molecule has 0 spiro atoms. The van der Waals surface area contributed by atoms with Crippen molar-refractivity contribution in [2.45, 2.75) is 4.34 Å². The lowest BCUT2D eigenvalue weighted by atomic mass is 10.2. The van der Waals surface area contributed by atoms with Gasteiger partial charge in [-0.3, -0.25) is 14.9 Å². The number of amides is 1. The zero-order valence-electron chi connectivity index (χ0n) is 14.0. The number of non-ortho nitro benzene ring substituents is 1. The number of azo groups is 1. The summed E-state index contributed by atoms with van der Waals surface area (Å²) in [5, 5.41) is 28.6. The summed E-state index contributed by atoms with van der Waals surface area (Å²) < 4.78 is 1.78. The molecule has 140 valence electrons. The van der Waals surface area contributed by atoms with Crippen molar-refractivity contribution < 1.29 is 14.8 Å². The highest BCUT2D eigenvalue weighted by molar-refractivity contribution is 8.01. The van der Waals surface area contributed by atoms with Crippen LogP contribution in [0, 0.1) is 10.1 Å². The van der Waals surface area contributed by atoms with Crippen LogP contribution in [0.25, 0.3) is 21.1 Å². The van der Waals surface area contributed by atoms with E-state index in [0.717, 1.165) is 14.6 Å². The number of hydrogen-bond donors (Lipinski definition) is 2. The summed E-state index contributed by atoms with van der Waals surface area (Å²) in [6, 6.07) is 11.7. The number of para-hydroxylation sites is 1. The predicted molar refractivity (Wildman–Crippen MR) is 106 cm³/mol. The van der Waals surface area contributed by atoms with Gasteiger partial charge in [-0.15, -0.1) is 21.6 Å². The first-order valence-corrected chi connectivity index (χ1v) is 9.73. The van der Waals surface area contributed by atoms with Gasteiger partial charge in [-0.25, -0.2) is 4.98 Å². The lowest BCUT2D eigenvalue weighted by Gasteiger charge is -1.94. The topological polar surface area (TPSA) is 134 Å². The Kier molecular flexibility index (Phi) is 4.75. The maximum Gasteiger partial charge on any atom is 0.274 e. The van der Waals surface area contributed by atoms with Crippen LogP contribution in [0.5, 0.6) is 5.88 Å². The molecule has 0 aliphatic heterocycles. The predicted octanol–water partition coefficient (Wildman–Crippen LogP) is 4.79. The van der Waals surface area contributed by atoms with Crippen molar-refractivity contribution >= 4 is 61.5 Å². The number of rotatable bonds is 5. The second kappa shape index (κ2) is 7.37. The van der Waals surface area contributed by atoms with Gasteiger partial charge >= 0.3 is 0 Å². The monoisotopic (exact) mass is 413 g/mol. The standard InChI is InChI=1S/C17H11N5O4S2/c23-14(8-27-17-19-12-3-1-2-4-13(12)28-17)20-21-15-10-7-9(22(25)26)5-6-11(10)18-16(15)24/h1-7,18,24H,8H2. The fourth-order valence-electron chi connectivity index (χ4n) is 2.54. The fraction of sp³-hybridized carbons (Fsp3) is 0.0588. The van der Waals surface area contributed by atoms with Crippen LogP contribution < -0.4 is 0 Å². The van der Waals surface area contributed by atoms with E-state index in [1.54, 1.807) is 0 Å². The number of nitrogens with zero attached hydrogens (tertiary/aromatic N) is 4. The van der Waals surface area contributed by atoms with Crippen LogP contribution in [0.1, 0.15) is 0 Å². The number of aromatic nitrogens is 2. The van der Waals surface area contributed by atoms with Crippen molar-refractivity contribution in [2.24, 2.45) is 10.2 Å². The Balaban J connectivity index is 1.50. The summed E-state index contributed by atoms with van der Waals surface area (Å²) in [7, 11) is 0. The van der Waals surface area contributed by atoms with Gasteiger partial charge in [-0.05, 0) is 18.2 Å². The Morgan fingerprint density at radius 1 is 1.32 bits per heavy atom. The van der Waals surface area contributed by atoms with Gasteiger partial charge in [-0.2, -0.15) is 0 Å². The molecule has 2 heterocycles. The number of fused-ring (bicyclic) bond motifs is 2. The Morgan fingerprint density at radius 3 is 2.93 bits per heavy atom. The zero-order chi connectivity index (χ0) is 19.7. The number of nitrogens with one attached hydrogen (secondary N) is 1. The molecule has 2 N–H and O–H groups in total. The molecule has 9 nitrogen and oxygen atoms in total. The SMILES string of the molecule is O=C(CSc1nc2ccccc2s1)N=Nc1c(O)[nH]c2ccc([N+](=O)[O-])cc12. The molecule has 0 atom stereocenters. The summed E-state index contributed by atoms with van der Waals surface area (Å²) in [6.07, 6.45) is 0. The van der Waals surface area contributed by atoms with Gasteiger partial charge in [0.15, 0.2) is 10.0 Å². The fourth-order valence-corrected chi connectivity index (χ4v) is 4.38. The third-order valence-corrected chi connectivity index (χ3v) is 5.97. The van der Waals surface area contributed by atoms with Crippen LogP contribution in [0.3, 0.4) is 0 Å². The quantitative estimate of drug-likeness (QED) is 0.209. The second-order valence-electron chi connectivity index (χ2n) is 5.64. The van der Waals surface area contributed by atoms with Crippen LogP contribution in [-0.4, -0.2) is 31.7 Å². The number of aromatic hydroxyl groups is 1. The summed E-state index contributed by atoms with van der Waals surface area (Å²) in [5.41, 5.74) is 1.15. The number of nitro groups is 1. The average Bonchev–Trinajstić information content (AvgIpc) is 3.23. The Bertz CT molecular complexity index is 1210. The smallest absolute Gasteiger partial charge is 0.274 e. The Morgan fingerprint density at radius 2 is 2.14 bits per heavy atom. The molecule has 1 amide bonds. The molecule has 0 unspecified atom stereocenters. The molecular formula is C17H11N5O4S2. The van der Waals surface area contributed by atoms with Gasteiger partial charge in [-0.1, -0.05) is 23.9 Å². The minimum atomic E-state index is -0.551. The van der Waals surface area contributed by atoms with Gasteiger partial charge in [0.1, 0.15) is 0 Å². The van der Waals surface area contributed by atoms with E-state index < -0.39 is 10.8 Å². The van der Waals surface area contributed by atoms with Crippen molar-refractivity contribution in [1.29, 1.82) is 0 Å². The summed E-state index contributed by atoms with van der Waals surface area (Å²) in [5.74, 6) is -0.790. The van der Waals surface area contributed by atoms with Crippen molar-refractivity contribution in [3.8, 4) is 5.88 Å². The molecule has 0 aliphatic carbocycles. The summed E-state index contributed by atoms with van der Waals surface area (Å²) >= 11 is 2.73. The first-order chi connectivity index (χ1) is 13.5. The first-order valence-electron chi connectivity index (χ1n) is 7.93. The lowest BCUT2D eigenvalue weighted by Crippen LogP contribution is -1.95. The first kappa shape index (κ1) is 18.1. The lowest BCUT2D eigenvalue weighted by molar-refractivity contribution is -0.384. The van der Waals surface area contributed by atoms with E-state index in [0.29, 0.717) is 10.9 Å². The maximum atomic E-state index is 12.0. The molecule has 4 aromatic rings. The van der Waals surface area contributed by atoms with Crippen molar-refractivity contribution in [3.63, 3.8) is 0 Å².